The minimum atomic E-state index is -0.721. The van der Waals surface area contributed by atoms with Crippen molar-refractivity contribution in [3.63, 3.8) is 0 Å². The Morgan fingerprint density at radius 3 is 1.92 bits per heavy atom. The maximum absolute atomic E-state index is 12.5. The average Bonchev–Trinajstić information content (AvgIpc) is 2.58. The van der Waals surface area contributed by atoms with Crippen molar-refractivity contribution in [1.82, 2.24) is 5.32 Å². The molecule has 0 aliphatic heterocycles. The van der Waals surface area contributed by atoms with E-state index in [1.807, 2.05) is 13.8 Å². The van der Waals surface area contributed by atoms with Crippen LogP contribution < -0.4 is 19.5 Å². The van der Waals surface area contributed by atoms with E-state index in [-0.39, 0.29) is 5.92 Å². The number of ether oxygens (including phenoxy) is 4. The molecule has 0 fully saturated rings. The van der Waals surface area contributed by atoms with Gasteiger partial charge in [-0.2, -0.15) is 0 Å². The third kappa shape index (κ3) is 4.78. The number of rotatable bonds is 8. The van der Waals surface area contributed by atoms with Crippen LogP contribution in [0.2, 0.25) is 0 Å². The van der Waals surface area contributed by atoms with E-state index in [1.54, 1.807) is 0 Å². The van der Waals surface area contributed by atoms with Gasteiger partial charge in [-0.05, 0) is 24.5 Å². The number of amides is 1. The van der Waals surface area contributed by atoms with Gasteiger partial charge in [-0.15, -0.1) is 0 Å². The molecule has 1 atom stereocenters. The molecule has 134 valence electrons. The highest BCUT2D eigenvalue weighted by molar-refractivity contribution is 5.98. The van der Waals surface area contributed by atoms with Crippen molar-refractivity contribution in [2.24, 2.45) is 5.92 Å². The van der Waals surface area contributed by atoms with Gasteiger partial charge in [0.2, 0.25) is 5.75 Å². The van der Waals surface area contributed by atoms with E-state index < -0.39 is 17.9 Å². The SMILES string of the molecule is COC(=O)C(CC(C)C)NC(=O)c1cc(OC)c(OC)c(OC)c1. The zero-order valence-electron chi connectivity index (χ0n) is 15.0. The molecule has 7 heteroatoms. The van der Waals surface area contributed by atoms with Crippen LogP contribution in [0.5, 0.6) is 17.2 Å². The van der Waals surface area contributed by atoms with Crippen molar-refractivity contribution in [2.45, 2.75) is 26.3 Å². The minimum absolute atomic E-state index is 0.217. The number of esters is 1. The average molecular weight is 339 g/mol. The van der Waals surface area contributed by atoms with Gasteiger partial charge >= 0.3 is 5.97 Å². The maximum atomic E-state index is 12.5. The predicted molar refractivity (Wildman–Crippen MR) is 88.8 cm³/mol. The van der Waals surface area contributed by atoms with Gasteiger partial charge in [0.1, 0.15) is 6.04 Å². The Bertz CT molecular complexity index is 559. The molecule has 1 aromatic rings. The summed E-state index contributed by atoms with van der Waals surface area (Å²) in [5, 5.41) is 2.69. The van der Waals surface area contributed by atoms with Crippen molar-refractivity contribution in [3.05, 3.63) is 17.7 Å². The van der Waals surface area contributed by atoms with Crippen molar-refractivity contribution in [2.75, 3.05) is 28.4 Å². The summed E-state index contributed by atoms with van der Waals surface area (Å²) in [6.07, 6.45) is 0.475. The molecular formula is C17H25NO6. The molecule has 0 saturated heterocycles. The van der Waals surface area contributed by atoms with Crippen molar-refractivity contribution in [1.29, 1.82) is 0 Å². The Kier molecular flexibility index (Phi) is 7.35. The van der Waals surface area contributed by atoms with Crippen LogP contribution in [0.15, 0.2) is 12.1 Å². The Balaban J connectivity index is 3.11. The highest BCUT2D eigenvalue weighted by Crippen LogP contribution is 2.38. The van der Waals surface area contributed by atoms with Crippen molar-refractivity contribution in [3.8, 4) is 17.2 Å². The lowest BCUT2D eigenvalue weighted by Gasteiger charge is -2.19. The largest absolute Gasteiger partial charge is 0.493 e. The molecule has 0 heterocycles. The molecule has 0 aliphatic carbocycles. The zero-order valence-corrected chi connectivity index (χ0v) is 15.0. The van der Waals surface area contributed by atoms with Gasteiger partial charge in [0.25, 0.3) is 5.91 Å². The fourth-order valence-electron chi connectivity index (χ4n) is 2.28. The zero-order chi connectivity index (χ0) is 18.3. The maximum Gasteiger partial charge on any atom is 0.328 e. The lowest BCUT2D eigenvalue weighted by molar-refractivity contribution is -0.143. The Hall–Kier alpha value is -2.44. The van der Waals surface area contributed by atoms with Gasteiger partial charge in [-0.25, -0.2) is 4.79 Å². The van der Waals surface area contributed by atoms with Gasteiger partial charge < -0.3 is 24.3 Å². The van der Waals surface area contributed by atoms with Crippen LogP contribution in [-0.4, -0.2) is 46.4 Å². The molecule has 1 N–H and O–H groups in total. The van der Waals surface area contributed by atoms with Gasteiger partial charge in [0.05, 0.1) is 28.4 Å². The smallest absolute Gasteiger partial charge is 0.328 e. The Morgan fingerprint density at radius 1 is 1.00 bits per heavy atom. The Labute approximate surface area is 142 Å². The standard InChI is InChI=1S/C17H25NO6/c1-10(2)7-12(17(20)24-6)18-16(19)11-8-13(21-3)15(23-5)14(9-11)22-4/h8-10,12H,7H2,1-6H3,(H,18,19). The van der Waals surface area contributed by atoms with E-state index in [0.29, 0.717) is 29.2 Å². The van der Waals surface area contributed by atoms with Gasteiger partial charge in [0.15, 0.2) is 11.5 Å². The molecule has 1 rings (SSSR count). The highest BCUT2D eigenvalue weighted by atomic mass is 16.5. The lowest BCUT2D eigenvalue weighted by Crippen LogP contribution is -2.42. The van der Waals surface area contributed by atoms with Gasteiger partial charge in [0, 0.05) is 5.56 Å². The number of carbonyl (C=O) groups excluding carboxylic acids is 2. The number of methoxy groups -OCH3 is 4. The summed E-state index contributed by atoms with van der Waals surface area (Å²) in [7, 11) is 5.71. The molecule has 0 aliphatic rings. The third-order valence-electron chi connectivity index (χ3n) is 3.43. The minimum Gasteiger partial charge on any atom is -0.493 e. The van der Waals surface area contributed by atoms with Crippen LogP contribution in [0.4, 0.5) is 0 Å². The van der Waals surface area contributed by atoms with E-state index in [9.17, 15) is 9.59 Å². The molecule has 24 heavy (non-hydrogen) atoms. The summed E-state index contributed by atoms with van der Waals surface area (Å²) in [4.78, 5) is 24.4. The molecule has 7 nitrogen and oxygen atoms in total. The molecule has 1 unspecified atom stereocenters. The molecule has 0 saturated carbocycles. The van der Waals surface area contributed by atoms with Crippen molar-refractivity contribution < 1.29 is 28.5 Å². The monoisotopic (exact) mass is 339 g/mol. The Morgan fingerprint density at radius 2 is 1.54 bits per heavy atom. The molecular weight excluding hydrogens is 314 g/mol. The van der Waals surface area contributed by atoms with E-state index in [1.165, 1.54) is 40.6 Å². The quantitative estimate of drug-likeness (QED) is 0.730. The highest BCUT2D eigenvalue weighted by Gasteiger charge is 2.24. The van der Waals surface area contributed by atoms with Gasteiger partial charge in [-0.3, -0.25) is 4.79 Å². The second-order valence-electron chi connectivity index (χ2n) is 5.59. The number of hydrogen-bond acceptors (Lipinski definition) is 6. The summed E-state index contributed by atoms with van der Waals surface area (Å²) in [5.74, 6) is 0.424. The topological polar surface area (TPSA) is 83.1 Å². The van der Waals surface area contributed by atoms with E-state index >= 15 is 0 Å². The van der Waals surface area contributed by atoms with Crippen LogP contribution in [0.3, 0.4) is 0 Å². The second-order valence-corrected chi connectivity index (χ2v) is 5.59. The number of carbonyl (C=O) groups is 2. The van der Waals surface area contributed by atoms with Crippen molar-refractivity contribution >= 4 is 11.9 Å². The first-order valence-electron chi connectivity index (χ1n) is 7.56. The van der Waals surface area contributed by atoms with Crippen LogP contribution in [0, 0.1) is 5.92 Å². The molecule has 1 amide bonds. The van der Waals surface area contributed by atoms with Crippen LogP contribution in [-0.2, 0) is 9.53 Å². The summed E-state index contributed by atoms with van der Waals surface area (Å²) in [5.41, 5.74) is 0.294. The third-order valence-corrected chi connectivity index (χ3v) is 3.43. The number of nitrogens with one attached hydrogen (secondary N) is 1. The number of hydrogen-bond donors (Lipinski definition) is 1. The molecule has 0 aromatic heterocycles. The van der Waals surface area contributed by atoms with E-state index in [4.69, 9.17) is 18.9 Å². The summed E-state index contributed by atoms with van der Waals surface area (Å²) in [6, 6.07) is 2.34. The lowest BCUT2D eigenvalue weighted by atomic mass is 10.0. The summed E-state index contributed by atoms with van der Waals surface area (Å²) >= 11 is 0. The van der Waals surface area contributed by atoms with Crippen LogP contribution in [0.25, 0.3) is 0 Å². The fourth-order valence-corrected chi connectivity index (χ4v) is 2.28. The fraction of sp³-hybridized carbons (Fsp3) is 0.529. The van der Waals surface area contributed by atoms with E-state index in [0.717, 1.165) is 0 Å². The first kappa shape index (κ1) is 19.6. The first-order chi connectivity index (χ1) is 11.4. The van der Waals surface area contributed by atoms with Crippen LogP contribution >= 0.6 is 0 Å². The number of benzene rings is 1. The normalized spacial score (nSPS) is 11.6. The predicted octanol–water partition coefficient (Wildman–Crippen LogP) is 2.03. The second kappa shape index (κ2) is 9.00. The van der Waals surface area contributed by atoms with Gasteiger partial charge in [-0.1, -0.05) is 13.8 Å². The molecule has 0 bridgehead atoms. The molecule has 0 spiro atoms. The summed E-state index contributed by atoms with van der Waals surface area (Å²) in [6.45, 7) is 3.92. The van der Waals surface area contributed by atoms with Crippen LogP contribution in [0.1, 0.15) is 30.6 Å². The molecule has 1 aromatic carbocycles. The first-order valence-corrected chi connectivity index (χ1v) is 7.56. The molecule has 0 radical (unpaired) electrons. The summed E-state index contributed by atoms with van der Waals surface area (Å²) < 4.78 is 20.4. The van der Waals surface area contributed by atoms with E-state index in [2.05, 4.69) is 5.32 Å².